The van der Waals surface area contributed by atoms with Crippen LogP contribution < -0.4 is 9.64 Å². The van der Waals surface area contributed by atoms with Crippen LogP contribution in [-0.2, 0) is 0 Å². The quantitative estimate of drug-likeness (QED) is 0.749. The molecule has 1 heterocycles. The van der Waals surface area contributed by atoms with Crippen molar-refractivity contribution in [2.75, 3.05) is 26.2 Å². The van der Waals surface area contributed by atoms with Crippen LogP contribution in [0.1, 0.15) is 32.6 Å². The van der Waals surface area contributed by atoms with Crippen LogP contribution >= 0.6 is 15.9 Å². The van der Waals surface area contributed by atoms with Crippen molar-refractivity contribution in [2.24, 2.45) is 5.92 Å². The molecule has 1 aliphatic heterocycles. The van der Waals surface area contributed by atoms with Gasteiger partial charge in [0.25, 0.3) is 0 Å². The third-order valence-corrected chi connectivity index (χ3v) is 5.69. The van der Waals surface area contributed by atoms with Gasteiger partial charge < -0.3 is 9.64 Å². The second-order valence-electron chi connectivity index (χ2n) is 6.86. The Morgan fingerprint density at radius 1 is 1.17 bits per heavy atom. The number of benzene rings is 2. The van der Waals surface area contributed by atoms with Gasteiger partial charge in [0, 0.05) is 5.92 Å². The molecule has 0 aromatic heterocycles. The molecule has 1 N–H and O–H groups in total. The van der Waals surface area contributed by atoms with E-state index in [0.29, 0.717) is 0 Å². The van der Waals surface area contributed by atoms with Crippen molar-refractivity contribution in [1.29, 1.82) is 0 Å². The van der Waals surface area contributed by atoms with Gasteiger partial charge in [-0.1, -0.05) is 37.3 Å². The van der Waals surface area contributed by atoms with Crippen molar-refractivity contribution >= 4 is 26.7 Å². The summed E-state index contributed by atoms with van der Waals surface area (Å²) < 4.78 is 7.07. The second-order valence-corrected chi connectivity index (χ2v) is 7.65. The maximum atomic E-state index is 6.00. The minimum atomic E-state index is 0.805. The molecule has 3 heteroatoms. The molecule has 2 aromatic rings. The molecule has 2 nitrogen and oxygen atoms in total. The smallest absolute Gasteiger partial charge is 0.134 e. The molecule has 0 amide bonds. The zero-order valence-electron chi connectivity index (χ0n) is 14.0. The van der Waals surface area contributed by atoms with Crippen molar-refractivity contribution in [3.63, 3.8) is 0 Å². The Bertz CT molecular complexity index is 643. The summed E-state index contributed by atoms with van der Waals surface area (Å²) in [5.74, 6) is 1.87. The molecule has 23 heavy (non-hydrogen) atoms. The topological polar surface area (TPSA) is 13.7 Å². The fourth-order valence-corrected chi connectivity index (χ4v) is 4.22. The first-order valence-corrected chi connectivity index (χ1v) is 9.67. The van der Waals surface area contributed by atoms with Gasteiger partial charge in [-0.15, -0.1) is 0 Å². The van der Waals surface area contributed by atoms with Gasteiger partial charge in [-0.05, 0) is 58.5 Å². The lowest BCUT2D eigenvalue weighted by atomic mass is 10.0. The van der Waals surface area contributed by atoms with Gasteiger partial charge in [0.05, 0.1) is 30.7 Å². The van der Waals surface area contributed by atoms with E-state index >= 15 is 0 Å². The van der Waals surface area contributed by atoms with E-state index in [0.717, 1.165) is 29.2 Å². The van der Waals surface area contributed by atoms with Gasteiger partial charge in [-0.2, -0.15) is 0 Å². The van der Waals surface area contributed by atoms with E-state index in [1.54, 1.807) is 4.90 Å². The SMILES string of the molecule is C[C@H]1CCC[NH+](CCCCOc2ccc3ccccc3c2Br)C1. The van der Waals surface area contributed by atoms with Crippen molar-refractivity contribution in [2.45, 2.75) is 32.6 Å². The van der Waals surface area contributed by atoms with Crippen LogP contribution in [0.25, 0.3) is 10.8 Å². The highest BCUT2D eigenvalue weighted by molar-refractivity contribution is 9.10. The number of hydrogen-bond acceptors (Lipinski definition) is 1. The number of ether oxygens (including phenoxy) is 1. The summed E-state index contributed by atoms with van der Waals surface area (Å²) >= 11 is 3.69. The molecule has 1 saturated heterocycles. The number of quaternary nitrogens is 1. The predicted molar refractivity (Wildman–Crippen MR) is 100 cm³/mol. The molecule has 0 spiro atoms. The van der Waals surface area contributed by atoms with E-state index in [-0.39, 0.29) is 0 Å². The zero-order chi connectivity index (χ0) is 16.1. The Hall–Kier alpha value is -1.06. The first-order valence-electron chi connectivity index (χ1n) is 8.87. The minimum Gasteiger partial charge on any atom is -0.492 e. The van der Waals surface area contributed by atoms with Crippen LogP contribution in [0.2, 0.25) is 0 Å². The summed E-state index contributed by atoms with van der Waals surface area (Å²) in [6.07, 6.45) is 5.21. The Morgan fingerprint density at radius 2 is 2.04 bits per heavy atom. The molecule has 0 bridgehead atoms. The molecule has 1 aliphatic rings. The fraction of sp³-hybridized carbons (Fsp3) is 0.500. The van der Waals surface area contributed by atoms with Crippen LogP contribution in [0.4, 0.5) is 0 Å². The normalized spacial score (nSPS) is 21.5. The van der Waals surface area contributed by atoms with Gasteiger partial charge in [-0.3, -0.25) is 0 Å². The second kappa shape index (κ2) is 8.16. The highest BCUT2D eigenvalue weighted by atomic mass is 79.9. The Balaban J connectivity index is 1.45. The summed E-state index contributed by atoms with van der Waals surface area (Å²) in [6, 6.07) is 12.6. The highest BCUT2D eigenvalue weighted by Gasteiger charge is 2.18. The number of fused-ring (bicyclic) bond motifs is 1. The summed E-state index contributed by atoms with van der Waals surface area (Å²) in [5.41, 5.74) is 0. The van der Waals surface area contributed by atoms with Crippen LogP contribution in [-0.4, -0.2) is 26.2 Å². The lowest BCUT2D eigenvalue weighted by Crippen LogP contribution is -3.13. The van der Waals surface area contributed by atoms with Crippen molar-refractivity contribution in [3.8, 4) is 5.75 Å². The largest absolute Gasteiger partial charge is 0.492 e. The molecule has 1 unspecified atom stereocenters. The lowest BCUT2D eigenvalue weighted by molar-refractivity contribution is -0.908. The Kier molecular flexibility index (Phi) is 5.96. The number of piperidine rings is 1. The molecule has 0 radical (unpaired) electrons. The van der Waals surface area contributed by atoms with Crippen molar-refractivity contribution in [3.05, 3.63) is 40.9 Å². The Labute approximate surface area is 147 Å². The maximum Gasteiger partial charge on any atom is 0.134 e. The fourth-order valence-electron chi connectivity index (χ4n) is 3.61. The van der Waals surface area contributed by atoms with E-state index in [2.05, 4.69) is 59.3 Å². The molecular weight excluding hydrogens is 350 g/mol. The molecular formula is C20H27BrNO+. The van der Waals surface area contributed by atoms with Crippen molar-refractivity contribution < 1.29 is 9.64 Å². The first-order chi connectivity index (χ1) is 11.2. The summed E-state index contributed by atoms with van der Waals surface area (Å²) in [6.45, 7) is 7.21. The average molecular weight is 377 g/mol. The van der Waals surface area contributed by atoms with Crippen LogP contribution in [0.3, 0.4) is 0 Å². The van der Waals surface area contributed by atoms with E-state index in [1.165, 1.54) is 49.7 Å². The number of rotatable bonds is 6. The van der Waals surface area contributed by atoms with Crippen molar-refractivity contribution in [1.82, 2.24) is 0 Å². The average Bonchev–Trinajstić information content (AvgIpc) is 2.57. The van der Waals surface area contributed by atoms with Crippen LogP contribution in [0, 0.1) is 5.92 Å². The maximum absolute atomic E-state index is 6.00. The van der Waals surface area contributed by atoms with Gasteiger partial charge in [0.15, 0.2) is 0 Å². The number of halogens is 1. The highest BCUT2D eigenvalue weighted by Crippen LogP contribution is 2.33. The molecule has 2 atom stereocenters. The number of unbranched alkanes of at least 4 members (excludes halogenated alkanes) is 1. The molecule has 0 aliphatic carbocycles. The van der Waals surface area contributed by atoms with Gasteiger partial charge in [0.1, 0.15) is 5.75 Å². The summed E-state index contributed by atoms with van der Waals surface area (Å²) in [5, 5.41) is 2.46. The third kappa shape index (κ3) is 4.48. The minimum absolute atomic E-state index is 0.805. The van der Waals surface area contributed by atoms with Crippen LogP contribution in [0.5, 0.6) is 5.75 Å². The molecule has 124 valence electrons. The predicted octanol–water partition coefficient (Wildman–Crippen LogP) is 4.08. The van der Waals surface area contributed by atoms with E-state index in [1.807, 2.05) is 0 Å². The summed E-state index contributed by atoms with van der Waals surface area (Å²) in [4.78, 5) is 1.79. The first kappa shape index (κ1) is 16.8. The zero-order valence-corrected chi connectivity index (χ0v) is 15.6. The van der Waals surface area contributed by atoms with E-state index in [9.17, 15) is 0 Å². The standard InChI is InChI=1S/C20H26BrNO/c1-16-7-6-13-22(15-16)12-4-5-14-23-19-11-10-17-8-2-3-9-18(17)20(19)21/h2-3,8-11,16H,4-7,12-15H2,1H3/p+1/t16-/m0/s1. The molecule has 2 aromatic carbocycles. The van der Waals surface area contributed by atoms with Crippen LogP contribution in [0.15, 0.2) is 40.9 Å². The summed E-state index contributed by atoms with van der Waals surface area (Å²) in [7, 11) is 0. The lowest BCUT2D eigenvalue weighted by Gasteiger charge is -2.27. The van der Waals surface area contributed by atoms with Gasteiger partial charge in [-0.25, -0.2) is 0 Å². The molecule has 1 fully saturated rings. The monoisotopic (exact) mass is 376 g/mol. The van der Waals surface area contributed by atoms with E-state index < -0.39 is 0 Å². The molecule has 3 rings (SSSR count). The number of hydrogen-bond donors (Lipinski definition) is 1. The third-order valence-electron chi connectivity index (χ3n) is 4.87. The van der Waals surface area contributed by atoms with Gasteiger partial charge in [0.2, 0.25) is 0 Å². The number of nitrogens with one attached hydrogen (secondary N) is 1. The van der Waals surface area contributed by atoms with Gasteiger partial charge >= 0.3 is 0 Å². The van der Waals surface area contributed by atoms with E-state index in [4.69, 9.17) is 4.74 Å². The molecule has 0 saturated carbocycles. The number of likely N-dealkylation sites (tertiary alicyclic amines) is 1. The Morgan fingerprint density at radius 3 is 2.91 bits per heavy atom.